The summed E-state index contributed by atoms with van der Waals surface area (Å²) >= 11 is 0. The van der Waals surface area contributed by atoms with E-state index >= 15 is 0 Å². The van der Waals surface area contributed by atoms with Crippen LogP contribution in [-0.4, -0.2) is 20.9 Å². The van der Waals surface area contributed by atoms with Gasteiger partial charge in [0, 0.05) is 0 Å². The lowest BCUT2D eigenvalue weighted by atomic mass is 9.86. The Labute approximate surface area is 203 Å². The van der Waals surface area contributed by atoms with Crippen molar-refractivity contribution in [1.82, 2.24) is 5.32 Å². The Morgan fingerprint density at radius 3 is 1.85 bits per heavy atom. The molecular formula is C28H34N2O3S. The normalized spacial score (nSPS) is 12.8. The summed E-state index contributed by atoms with van der Waals surface area (Å²) < 4.78 is 28.2. The minimum absolute atomic E-state index is 0.0455. The van der Waals surface area contributed by atoms with E-state index in [4.69, 9.17) is 0 Å². The van der Waals surface area contributed by atoms with Crippen molar-refractivity contribution in [2.45, 2.75) is 57.9 Å². The van der Waals surface area contributed by atoms with Gasteiger partial charge in [-0.1, -0.05) is 80.4 Å². The van der Waals surface area contributed by atoms with E-state index in [0.29, 0.717) is 5.69 Å². The third kappa shape index (κ3) is 6.06. The molecule has 0 bridgehead atoms. The largest absolute Gasteiger partial charge is 0.348 e. The van der Waals surface area contributed by atoms with Crippen molar-refractivity contribution in [3.63, 3.8) is 0 Å². The van der Waals surface area contributed by atoms with E-state index in [1.54, 1.807) is 36.4 Å². The van der Waals surface area contributed by atoms with Crippen LogP contribution in [0, 0.1) is 13.8 Å². The molecule has 3 rings (SSSR count). The van der Waals surface area contributed by atoms with Gasteiger partial charge in [0.15, 0.2) is 0 Å². The van der Waals surface area contributed by atoms with Gasteiger partial charge in [-0.2, -0.15) is 0 Å². The zero-order chi connectivity index (χ0) is 25.1. The second-order valence-corrected chi connectivity index (χ2v) is 11.7. The van der Waals surface area contributed by atoms with E-state index < -0.39 is 10.0 Å². The average molecular weight is 479 g/mol. The number of carbonyl (C=O) groups is 1. The van der Waals surface area contributed by atoms with Crippen LogP contribution in [-0.2, 0) is 20.2 Å². The van der Waals surface area contributed by atoms with E-state index in [0.717, 1.165) is 16.7 Å². The van der Waals surface area contributed by atoms with Crippen molar-refractivity contribution in [1.29, 1.82) is 0 Å². The molecule has 0 saturated carbocycles. The van der Waals surface area contributed by atoms with Crippen molar-refractivity contribution in [3.8, 4) is 0 Å². The lowest BCUT2D eigenvalue weighted by Gasteiger charge is -2.25. The zero-order valence-electron chi connectivity index (χ0n) is 20.8. The van der Waals surface area contributed by atoms with Gasteiger partial charge >= 0.3 is 0 Å². The topological polar surface area (TPSA) is 66.5 Å². The quantitative estimate of drug-likeness (QED) is 0.475. The molecule has 1 atom stereocenters. The molecule has 1 amide bonds. The van der Waals surface area contributed by atoms with Crippen LogP contribution in [0.5, 0.6) is 0 Å². The molecule has 3 aromatic rings. The van der Waals surface area contributed by atoms with E-state index in [1.807, 2.05) is 45.0 Å². The van der Waals surface area contributed by atoms with Crippen LogP contribution in [0.4, 0.5) is 5.69 Å². The summed E-state index contributed by atoms with van der Waals surface area (Å²) in [6.07, 6.45) is 0. The molecule has 5 nitrogen and oxygen atoms in total. The Bertz CT molecular complexity index is 1220. The number of benzene rings is 3. The molecule has 180 valence electrons. The average Bonchev–Trinajstić information content (AvgIpc) is 2.78. The monoisotopic (exact) mass is 478 g/mol. The molecule has 0 aliphatic rings. The lowest BCUT2D eigenvalue weighted by molar-refractivity contribution is -0.120. The van der Waals surface area contributed by atoms with E-state index in [9.17, 15) is 13.2 Å². The Balaban J connectivity index is 1.84. The second-order valence-electron chi connectivity index (χ2n) is 9.82. The molecule has 34 heavy (non-hydrogen) atoms. The van der Waals surface area contributed by atoms with Gasteiger partial charge in [-0.25, -0.2) is 8.42 Å². The van der Waals surface area contributed by atoms with E-state index in [-0.39, 0.29) is 28.8 Å². The number of hydrogen-bond acceptors (Lipinski definition) is 3. The van der Waals surface area contributed by atoms with Gasteiger partial charge in [-0.3, -0.25) is 9.10 Å². The van der Waals surface area contributed by atoms with Crippen molar-refractivity contribution in [3.05, 3.63) is 95.1 Å². The Morgan fingerprint density at radius 2 is 1.35 bits per heavy atom. The number of amides is 1. The predicted octanol–water partition coefficient (Wildman–Crippen LogP) is 5.67. The van der Waals surface area contributed by atoms with Gasteiger partial charge in [0.05, 0.1) is 16.6 Å². The Morgan fingerprint density at radius 1 is 0.853 bits per heavy atom. The summed E-state index contributed by atoms with van der Waals surface area (Å²) in [5.74, 6) is -0.372. The molecule has 0 aliphatic heterocycles. The number of nitrogens with zero attached hydrogens (tertiary/aromatic N) is 1. The maximum atomic E-state index is 13.5. The summed E-state index contributed by atoms with van der Waals surface area (Å²) in [5, 5.41) is 2.95. The summed E-state index contributed by atoms with van der Waals surface area (Å²) in [6.45, 7) is 11.9. The van der Waals surface area contributed by atoms with Crippen molar-refractivity contribution in [2.24, 2.45) is 0 Å². The van der Waals surface area contributed by atoms with Gasteiger partial charge in [0.1, 0.15) is 6.54 Å². The number of sulfonamides is 1. The molecule has 1 N–H and O–H groups in total. The number of anilines is 1. The molecule has 0 spiro atoms. The maximum Gasteiger partial charge on any atom is 0.264 e. The maximum absolute atomic E-state index is 13.5. The van der Waals surface area contributed by atoms with Crippen LogP contribution < -0.4 is 9.62 Å². The highest BCUT2D eigenvalue weighted by atomic mass is 32.2. The SMILES string of the molecule is Cc1ccc(N(CC(=O)N[C@@H](C)c2ccc(C(C)(C)C)cc2)S(=O)(=O)c2ccc(C)cc2)cc1. The molecular weight excluding hydrogens is 444 g/mol. The molecule has 0 aliphatic carbocycles. The summed E-state index contributed by atoms with van der Waals surface area (Å²) in [6, 6.07) is 21.7. The smallest absolute Gasteiger partial charge is 0.264 e. The van der Waals surface area contributed by atoms with Crippen molar-refractivity contribution in [2.75, 3.05) is 10.8 Å². The molecule has 0 radical (unpaired) electrons. The number of hydrogen-bond donors (Lipinski definition) is 1. The summed E-state index contributed by atoms with van der Waals surface area (Å²) in [4.78, 5) is 13.2. The summed E-state index contributed by atoms with van der Waals surface area (Å²) in [7, 11) is -3.93. The summed E-state index contributed by atoms with van der Waals surface area (Å²) in [5.41, 5.74) is 4.64. The van der Waals surface area contributed by atoms with Crippen molar-refractivity contribution < 1.29 is 13.2 Å². The fourth-order valence-corrected chi connectivity index (χ4v) is 5.06. The van der Waals surface area contributed by atoms with Crippen molar-refractivity contribution >= 4 is 21.6 Å². The molecule has 0 aromatic heterocycles. The minimum Gasteiger partial charge on any atom is -0.348 e. The highest BCUT2D eigenvalue weighted by molar-refractivity contribution is 7.92. The zero-order valence-corrected chi connectivity index (χ0v) is 21.6. The molecule has 0 heterocycles. The van der Waals surface area contributed by atoms with Crippen LogP contribution >= 0.6 is 0 Å². The van der Waals surface area contributed by atoms with Gasteiger partial charge in [-0.05, 0) is 61.6 Å². The molecule has 6 heteroatoms. The lowest BCUT2D eigenvalue weighted by Crippen LogP contribution is -2.41. The molecule has 0 fully saturated rings. The first kappa shape index (κ1) is 25.5. The van der Waals surface area contributed by atoms with Gasteiger partial charge < -0.3 is 5.32 Å². The standard InChI is InChI=1S/C28H34N2O3S/c1-20-7-15-25(16-8-20)30(34(32,33)26-17-9-21(2)10-18-26)19-27(31)29-22(3)23-11-13-24(14-12-23)28(4,5)6/h7-18,22H,19H2,1-6H3,(H,29,31)/t22-/m0/s1. The molecule has 0 unspecified atom stereocenters. The number of nitrogens with one attached hydrogen (secondary N) is 1. The van der Waals surface area contributed by atoms with Crippen LogP contribution in [0.3, 0.4) is 0 Å². The van der Waals surface area contributed by atoms with E-state index in [1.165, 1.54) is 9.87 Å². The fraction of sp³-hybridized carbons (Fsp3) is 0.321. The fourth-order valence-electron chi connectivity index (χ4n) is 3.64. The minimum atomic E-state index is -3.93. The molecule has 0 saturated heterocycles. The Hall–Kier alpha value is -3.12. The van der Waals surface area contributed by atoms with Crippen LogP contribution in [0.15, 0.2) is 77.7 Å². The van der Waals surface area contributed by atoms with Gasteiger partial charge in [0.25, 0.3) is 10.0 Å². The van der Waals surface area contributed by atoms with Gasteiger partial charge in [0.2, 0.25) is 5.91 Å². The third-order valence-electron chi connectivity index (χ3n) is 5.87. The Kier molecular flexibility index (Phi) is 7.51. The van der Waals surface area contributed by atoms with Crippen LogP contribution in [0.1, 0.15) is 56.0 Å². The second kappa shape index (κ2) is 10.0. The predicted molar refractivity (Wildman–Crippen MR) is 139 cm³/mol. The first-order chi connectivity index (χ1) is 15.9. The van der Waals surface area contributed by atoms with Crippen LogP contribution in [0.2, 0.25) is 0 Å². The number of carbonyl (C=O) groups excluding carboxylic acids is 1. The highest BCUT2D eigenvalue weighted by Crippen LogP contribution is 2.26. The number of rotatable bonds is 7. The highest BCUT2D eigenvalue weighted by Gasteiger charge is 2.27. The first-order valence-electron chi connectivity index (χ1n) is 11.4. The van der Waals surface area contributed by atoms with Gasteiger partial charge in [-0.15, -0.1) is 0 Å². The molecule has 3 aromatic carbocycles. The third-order valence-corrected chi connectivity index (χ3v) is 7.66. The number of aryl methyl sites for hydroxylation is 2. The first-order valence-corrected chi connectivity index (χ1v) is 12.9. The van der Waals surface area contributed by atoms with E-state index in [2.05, 4.69) is 38.2 Å². The van der Waals surface area contributed by atoms with Crippen LogP contribution in [0.25, 0.3) is 0 Å².